The molecule has 0 saturated carbocycles. The summed E-state index contributed by atoms with van der Waals surface area (Å²) in [7, 11) is 1.71. The van der Waals surface area contributed by atoms with E-state index in [0.29, 0.717) is 0 Å². The molecule has 5 nitrogen and oxygen atoms in total. The number of benzene rings is 1. The summed E-state index contributed by atoms with van der Waals surface area (Å²) < 4.78 is 0. The lowest BCUT2D eigenvalue weighted by Crippen LogP contribution is -2.17. The highest BCUT2D eigenvalue weighted by atomic mass is 35.5. The van der Waals surface area contributed by atoms with E-state index in [0.717, 1.165) is 11.1 Å². The number of hydrazone groups is 1. The van der Waals surface area contributed by atoms with E-state index in [1.165, 1.54) is 0 Å². The van der Waals surface area contributed by atoms with Crippen molar-refractivity contribution in [1.29, 1.82) is 0 Å². The standard InChI is InChI=1S/C11H14N3O2.CH4.ClH/c1-13-14-7-9-4-2-8(3-5-9)6-10(12)11(15)16;;/h2-5,7,10,12-13H,6H2,1H3,(H,15,16);1H4;1H/q-1;;/b14-7+;;. The third-order valence-corrected chi connectivity index (χ3v) is 2.06. The normalized spacial score (nSPS) is 11.2. The first-order chi connectivity index (χ1) is 7.63. The van der Waals surface area contributed by atoms with Crippen molar-refractivity contribution in [1.82, 2.24) is 5.43 Å². The molecule has 102 valence electrons. The third-order valence-electron chi connectivity index (χ3n) is 2.06. The number of carboxylic acids is 1. The quantitative estimate of drug-likeness (QED) is 0.637. The van der Waals surface area contributed by atoms with E-state index < -0.39 is 12.0 Å². The number of carboxylic acid groups (broad SMARTS) is 1. The first-order valence-corrected chi connectivity index (χ1v) is 4.86. The minimum atomic E-state index is -1.10. The molecule has 0 aliphatic rings. The lowest BCUT2D eigenvalue weighted by molar-refractivity contribution is -0.137. The lowest BCUT2D eigenvalue weighted by atomic mass is 10.1. The van der Waals surface area contributed by atoms with Gasteiger partial charge in [-0.05, 0) is 23.6 Å². The molecule has 0 bridgehead atoms. The maximum absolute atomic E-state index is 10.5. The zero-order valence-electron chi connectivity index (χ0n) is 9.38. The first kappa shape index (κ1) is 18.8. The van der Waals surface area contributed by atoms with Crippen LogP contribution >= 0.6 is 12.4 Å². The van der Waals surface area contributed by atoms with Gasteiger partial charge in [0.25, 0.3) is 5.97 Å². The van der Waals surface area contributed by atoms with Gasteiger partial charge in [0.15, 0.2) is 0 Å². The van der Waals surface area contributed by atoms with Crippen LogP contribution in [0.1, 0.15) is 18.6 Å². The largest absolute Gasteiger partial charge is 0.665 e. The van der Waals surface area contributed by atoms with Crippen LogP contribution in [0.15, 0.2) is 29.4 Å². The number of nitrogens with zero attached hydrogens (tertiary/aromatic N) is 1. The Hall–Kier alpha value is -1.59. The number of hydrogen-bond donors (Lipinski definition) is 2. The van der Waals surface area contributed by atoms with Gasteiger partial charge < -0.3 is 16.3 Å². The molecule has 3 N–H and O–H groups in total. The molecule has 0 amide bonds. The molecule has 0 fully saturated rings. The Balaban J connectivity index is 0. The molecule has 1 aromatic rings. The van der Waals surface area contributed by atoms with E-state index in [2.05, 4.69) is 10.5 Å². The van der Waals surface area contributed by atoms with Gasteiger partial charge in [-0.25, -0.2) is 0 Å². The number of carbonyl (C=O) groups is 1. The van der Waals surface area contributed by atoms with E-state index in [9.17, 15) is 4.79 Å². The van der Waals surface area contributed by atoms with Gasteiger partial charge in [-0.3, -0.25) is 4.79 Å². The number of hydrogen-bond acceptors (Lipinski definition) is 3. The van der Waals surface area contributed by atoms with E-state index >= 15 is 0 Å². The molecule has 1 aromatic carbocycles. The summed E-state index contributed by atoms with van der Waals surface area (Å²) in [4.78, 5) is 10.5. The van der Waals surface area contributed by atoms with Crippen molar-refractivity contribution in [2.75, 3.05) is 7.05 Å². The second kappa shape index (κ2) is 9.44. The van der Waals surface area contributed by atoms with Gasteiger partial charge in [0, 0.05) is 7.05 Å². The number of nitrogens with one attached hydrogen (secondary N) is 2. The SMILES string of the molecule is C.CN/N=C/c1ccc(CC([NH-])C(=O)O)cc1.Cl. The van der Waals surface area contributed by atoms with Crippen molar-refractivity contribution in [3.05, 3.63) is 41.1 Å². The van der Waals surface area contributed by atoms with Crippen molar-refractivity contribution in [3.8, 4) is 0 Å². The Morgan fingerprint density at radius 2 is 2.06 bits per heavy atom. The van der Waals surface area contributed by atoms with E-state index in [1.807, 2.05) is 24.3 Å². The van der Waals surface area contributed by atoms with Crippen LogP contribution in [0.25, 0.3) is 5.73 Å². The second-order valence-electron chi connectivity index (χ2n) is 3.32. The topological polar surface area (TPSA) is 85.5 Å². The van der Waals surface area contributed by atoms with E-state index in [4.69, 9.17) is 10.8 Å². The molecule has 1 atom stereocenters. The fourth-order valence-corrected chi connectivity index (χ4v) is 1.20. The van der Waals surface area contributed by atoms with Crippen LogP contribution in [-0.2, 0) is 11.2 Å². The van der Waals surface area contributed by atoms with E-state index in [-0.39, 0.29) is 26.3 Å². The summed E-state index contributed by atoms with van der Waals surface area (Å²) in [5.74, 6) is -1.10. The zero-order valence-corrected chi connectivity index (χ0v) is 10.2. The van der Waals surface area contributed by atoms with Gasteiger partial charge >= 0.3 is 0 Å². The van der Waals surface area contributed by atoms with Gasteiger partial charge in [0.05, 0.1) is 6.21 Å². The predicted molar refractivity (Wildman–Crippen MR) is 76.5 cm³/mol. The highest BCUT2D eigenvalue weighted by Gasteiger charge is 2.04. The molecule has 0 radical (unpaired) electrons. The van der Waals surface area contributed by atoms with E-state index in [1.54, 1.807) is 13.3 Å². The Bertz CT molecular complexity index is 379. The number of halogens is 1. The fourth-order valence-electron chi connectivity index (χ4n) is 1.20. The summed E-state index contributed by atoms with van der Waals surface area (Å²) in [6.45, 7) is 0. The molecular formula is C12H19ClN3O2-. The average molecular weight is 273 g/mol. The van der Waals surface area contributed by atoms with Crippen LogP contribution in [0.3, 0.4) is 0 Å². The van der Waals surface area contributed by atoms with Gasteiger partial charge in [-0.2, -0.15) is 5.10 Å². The molecule has 0 saturated heterocycles. The van der Waals surface area contributed by atoms with Crippen LogP contribution < -0.4 is 5.43 Å². The number of rotatable bonds is 5. The molecule has 6 heteroatoms. The Morgan fingerprint density at radius 3 is 2.50 bits per heavy atom. The zero-order chi connectivity index (χ0) is 12.0. The van der Waals surface area contributed by atoms with Crippen LogP contribution in [0, 0.1) is 0 Å². The molecule has 0 aliphatic heterocycles. The van der Waals surface area contributed by atoms with Gasteiger partial charge in [-0.1, -0.05) is 31.7 Å². The predicted octanol–water partition coefficient (Wildman–Crippen LogP) is 2.35. The molecule has 0 spiro atoms. The fraction of sp³-hybridized carbons (Fsp3) is 0.333. The summed E-state index contributed by atoms with van der Waals surface area (Å²) in [5, 5.41) is 12.5. The van der Waals surface area contributed by atoms with Crippen molar-refractivity contribution in [2.45, 2.75) is 19.9 Å². The van der Waals surface area contributed by atoms with Gasteiger partial charge in [0.2, 0.25) is 0 Å². The van der Waals surface area contributed by atoms with Gasteiger partial charge in [-0.15, -0.1) is 12.4 Å². The Kier molecular flexibility index (Phi) is 9.84. The highest BCUT2D eigenvalue weighted by molar-refractivity contribution is 5.85. The number of aliphatic carboxylic acids is 1. The lowest BCUT2D eigenvalue weighted by Gasteiger charge is -2.14. The van der Waals surface area contributed by atoms with Crippen LogP contribution in [-0.4, -0.2) is 30.4 Å². The third kappa shape index (κ3) is 6.22. The summed E-state index contributed by atoms with van der Waals surface area (Å²) in [5.41, 5.74) is 11.7. The summed E-state index contributed by atoms with van der Waals surface area (Å²) >= 11 is 0. The molecular weight excluding hydrogens is 254 g/mol. The maximum atomic E-state index is 10.5. The highest BCUT2D eigenvalue weighted by Crippen LogP contribution is 2.07. The average Bonchev–Trinajstić information content (AvgIpc) is 2.28. The smallest absolute Gasteiger partial charge is 0.285 e. The molecule has 0 aliphatic carbocycles. The molecule has 18 heavy (non-hydrogen) atoms. The van der Waals surface area contributed by atoms with Crippen molar-refractivity contribution < 1.29 is 9.90 Å². The summed E-state index contributed by atoms with van der Waals surface area (Å²) in [6.07, 6.45) is 1.89. The van der Waals surface area contributed by atoms with Crippen LogP contribution in [0.2, 0.25) is 0 Å². The molecule has 1 rings (SSSR count). The van der Waals surface area contributed by atoms with Gasteiger partial charge in [0.1, 0.15) is 0 Å². The van der Waals surface area contributed by atoms with Crippen molar-refractivity contribution >= 4 is 24.6 Å². The maximum Gasteiger partial charge on any atom is 0.285 e. The molecule has 0 aromatic heterocycles. The minimum Gasteiger partial charge on any atom is -0.665 e. The second-order valence-corrected chi connectivity index (χ2v) is 3.32. The van der Waals surface area contributed by atoms with Crippen LogP contribution in [0.4, 0.5) is 0 Å². The van der Waals surface area contributed by atoms with Crippen LogP contribution in [0.5, 0.6) is 0 Å². The monoisotopic (exact) mass is 272 g/mol. The first-order valence-electron chi connectivity index (χ1n) is 4.86. The Labute approximate surface area is 113 Å². The summed E-state index contributed by atoms with van der Waals surface area (Å²) in [6, 6.07) is 6.19. The molecule has 0 heterocycles. The molecule has 1 unspecified atom stereocenters. The van der Waals surface area contributed by atoms with Crippen molar-refractivity contribution in [3.63, 3.8) is 0 Å². The van der Waals surface area contributed by atoms with Crippen molar-refractivity contribution in [2.24, 2.45) is 5.10 Å². The Morgan fingerprint density at radius 1 is 1.50 bits per heavy atom. The minimum absolute atomic E-state index is 0.